The van der Waals surface area contributed by atoms with Crippen LogP contribution in [0.25, 0.3) is 0 Å². The molecule has 26 heavy (non-hydrogen) atoms. The zero-order chi connectivity index (χ0) is 17.8. The SMILES string of the molecule is CN=C(NCCc1ccc2c(c1)OCO2)NC1CCN(C2CCCC2)C1. The topological polar surface area (TPSA) is 58.1 Å². The fraction of sp³-hybridized carbons (Fsp3) is 0.650. The Kier molecular flexibility index (Phi) is 5.48. The van der Waals surface area contributed by atoms with Gasteiger partial charge in [-0.3, -0.25) is 9.89 Å². The van der Waals surface area contributed by atoms with E-state index in [2.05, 4.69) is 32.7 Å². The van der Waals surface area contributed by atoms with Crippen molar-refractivity contribution >= 4 is 5.96 Å². The Morgan fingerprint density at radius 3 is 2.88 bits per heavy atom. The van der Waals surface area contributed by atoms with Crippen LogP contribution >= 0.6 is 0 Å². The number of aliphatic imine (C=N–C) groups is 1. The summed E-state index contributed by atoms with van der Waals surface area (Å²) in [5, 5.41) is 7.04. The third kappa shape index (κ3) is 4.06. The number of rotatable bonds is 5. The first kappa shape index (κ1) is 17.5. The van der Waals surface area contributed by atoms with E-state index in [1.54, 1.807) is 0 Å². The van der Waals surface area contributed by atoms with Crippen LogP contribution in [0.15, 0.2) is 23.2 Å². The van der Waals surface area contributed by atoms with Crippen LogP contribution in [-0.2, 0) is 6.42 Å². The largest absolute Gasteiger partial charge is 0.454 e. The van der Waals surface area contributed by atoms with E-state index in [1.165, 1.54) is 44.2 Å². The molecule has 1 saturated carbocycles. The monoisotopic (exact) mass is 358 g/mol. The molecule has 1 saturated heterocycles. The summed E-state index contributed by atoms with van der Waals surface area (Å²) in [5.41, 5.74) is 1.24. The van der Waals surface area contributed by atoms with E-state index in [9.17, 15) is 0 Å². The minimum Gasteiger partial charge on any atom is -0.454 e. The van der Waals surface area contributed by atoms with Crippen molar-refractivity contribution in [3.8, 4) is 11.5 Å². The number of nitrogens with zero attached hydrogens (tertiary/aromatic N) is 2. The number of likely N-dealkylation sites (tertiary alicyclic amines) is 1. The summed E-state index contributed by atoms with van der Waals surface area (Å²) in [4.78, 5) is 7.07. The highest BCUT2D eigenvalue weighted by Gasteiger charge is 2.30. The predicted molar refractivity (Wildman–Crippen MR) is 103 cm³/mol. The van der Waals surface area contributed by atoms with Gasteiger partial charge in [-0.1, -0.05) is 18.9 Å². The molecule has 1 aromatic carbocycles. The first-order chi connectivity index (χ1) is 12.8. The Bertz CT molecular complexity index is 643. The second-order valence-electron chi connectivity index (χ2n) is 7.50. The minimum atomic E-state index is 0.326. The molecule has 2 fully saturated rings. The van der Waals surface area contributed by atoms with Gasteiger partial charge < -0.3 is 20.1 Å². The van der Waals surface area contributed by atoms with Crippen molar-refractivity contribution in [3.63, 3.8) is 0 Å². The number of guanidine groups is 1. The molecule has 0 spiro atoms. The van der Waals surface area contributed by atoms with E-state index in [0.717, 1.165) is 43.0 Å². The van der Waals surface area contributed by atoms with Crippen molar-refractivity contribution in [2.75, 3.05) is 33.5 Å². The van der Waals surface area contributed by atoms with Gasteiger partial charge in [0, 0.05) is 38.8 Å². The van der Waals surface area contributed by atoms with Gasteiger partial charge in [0.1, 0.15) is 0 Å². The van der Waals surface area contributed by atoms with Gasteiger partial charge in [-0.05, 0) is 43.4 Å². The average molecular weight is 358 g/mol. The van der Waals surface area contributed by atoms with E-state index in [4.69, 9.17) is 9.47 Å². The molecule has 2 N–H and O–H groups in total. The lowest BCUT2D eigenvalue weighted by Crippen LogP contribution is -2.45. The van der Waals surface area contributed by atoms with E-state index in [1.807, 2.05) is 13.1 Å². The minimum absolute atomic E-state index is 0.326. The number of fused-ring (bicyclic) bond motifs is 1. The first-order valence-corrected chi connectivity index (χ1v) is 9.91. The zero-order valence-corrected chi connectivity index (χ0v) is 15.7. The number of ether oxygens (including phenoxy) is 2. The fourth-order valence-corrected chi connectivity index (χ4v) is 4.32. The molecule has 6 nitrogen and oxygen atoms in total. The second-order valence-corrected chi connectivity index (χ2v) is 7.50. The van der Waals surface area contributed by atoms with Gasteiger partial charge in [-0.15, -0.1) is 0 Å². The van der Waals surface area contributed by atoms with Gasteiger partial charge in [-0.2, -0.15) is 0 Å². The normalized spacial score (nSPS) is 23.6. The van der Waals surface area contributed by atoms with Crippen LogP contribution in [-0.4, -0.2) is 56.4 Å². The van der Waals surface area contributed by atoms with E-state index in [0.29, 0.717) is 12.8 Å². The first-order valence-electron chi connectivity index (χ1n) is 9.91. The molecule has 1 unspecified atom stereocenters. The lowest BCUT2D eigenvalue weighted by Gasteiger charge is -2.24. The summed E-state index contributed by atoms with van der Waals surface area (Å²) in [6.07, 6.45) is 7.71. The molecule has 0 amide bonds. The Balaban J connectivity index is 1.21. The number of nitrogens with one attached hydrogen (secondary N) is 2. The van der Waals surface area contributed by atoms with Gasteiger partial charge in [0.2, 0.25) is 6.79 Å². The summed E-state index contributed by atoms with van der Waals surface area (Å²) in [6, 6.07) is 7.48. The van der Waals surface area contributed by atoms with E-state index in [-0.39, 0.29) is 0 Å². The van der Waals surface area contributed by atoms with Crippen molar-refractivity contribution in [2.24, 2.45) is 4.99 Å². The van der Waals surface area contributed by atoms with Crippen LogP contribution in [0.2, 0.25) is 0 Å². The number of hydrogen-bond donors (Lipinski definition) is 2. The van der Waals surface area contributed by atoms with Crippen molar-refractivity contribution in [1.82, 2.24) is 15.5 Å². The quantitative estimate of drug-likeness (QED) is 0.624. The molecule has 3 aliphatic rings. The summed E-state index contributed by atoms with van der Waals surface area (Å²) in [5.74, 6) is 2.60. The van der Waals surface area contributed by atoms with Crippen molar-refractivity contribution in [2.45, 2.75) is 50.6 Å². The molecular weight excluding hydrogens is 328 g/mol. The molecule has 4 rings (SSSR count). The third-order valence-electron chi connectivity index (χ3n) is 5.77. The standard InChI is InChI=1S/C20H30N4O2/c1-21-20(23-16-9-11-24(13-16)17-4-2-3-5-17)22-10-8-15-6-7-18-19(12-15)26-14-25-18/h6-7,12,16-17H,2-5,8-11,13-14H2,1H3,(H2,21,22,23). The Morgan fingerprint density at radius 1 is 1.19 bits per heavy atom. The Labute approximate surface area is 156 Å². The predicted octanol–water partition coefficient (Wildman–Crippen LogP) is 2.14. The van der Waals surface area contributed by atoms with Crippen LogP contribution in [0.5, 0.6) is 11.5 Å². The highest BCUT2D eigenvalue weighted by Crippen LogP contribution is 2.32. The van der Waals surface area contributed by atoms with Gasteiger partial charge >= 0.3 is 0 Å². The van der Waals surface area contributed by atoms with Crippen LogP contribution in [0.1, 0.15) is 37.7 Å². The van der Waals surface area contributed by atoms with Crippen LogP contribution in [0, 0.1) is 0 Å². The number of benzene rings is 1. The molecule has 142 valence electrons. The van der Waals surface area contributed by atoms with Gasteiger partial charge in [0.05, 0.1) is 0 Å². The third-order valence-corrected chi connectivity index (χ3v) is 5.77. The summed E-state index contributed by atoms with van der Waals surface area (Å²) in [6.45, 7) is 3.54. The lowest BCUT2D eigenvalue weighted by molar-refractivity contribution is 0.174. The summed E-state index contributed by atoms with van der Waals surface area (Å²) < 4.78 is 10.8. The molecule has 0 bridgehead atoms. The molecule has 1 atom stereocenters. The molecule has 2 heterocycles. The van der Waals surface area contributed by atoms with Crippen molar-refractivity contribution in [3.05, 3.63) is 23.8 Å². The highest BCUT2D eigenvalue weighted by atomic mass is 16.7. The van der Waals surface area contributed by atoms with Crippen LogP contribution in [0.3, 0.4) is 0 Å². The smallest absolute Gasteiger partial charge is 0.231 e. The maximum atomic E-state index is 5.45. The number of hydrogen-bond acceptors (Lipinski definition) is 4. The lowest BCUT2D eigenvalue weighted by atomic mass is 10.1. The Hall–Kier alpha value is -1.95. The van der Waals surface area contributed by atoms with Crippen LogP contribution < -0.4 is 20.1 Å². The molecule has 1 aromatic rings. The molecule has 0 radical (unpaired) electrons. The summed E-state index contributed by atoms with van der Waals surface area (Å²) >= 11 is 0. The van der Waals surface area contributed by atoms with Gasteiger partial charge in [-0.25, -0.2) is 0 Å². The Morgan fingerprint density at radius 2 is 2.04 bits per heavy atom. The van der Waals surface area contributed by atoms with E-state index < -0.39 is 0 Å². The van der Waals surface area contributed by atoms with Crippen molar-refractivity contribution < 1.29 is 9.47 Å². The molecule has 6 heteroatoms. The fourth-order valence-electron chi connectivity index (χ4n) is 4.32. The van der Waals surface area contributed by atoms with Gasteiger partial charge in [0.25, 0.3) is 0 Å². The maximum Gasteiger partial charge on any atom is 0.231 e. The average Bonchev–Trinajstić information content (AvgIpc) is 3.40. The van der Waals surface area contributed by atoms with Crippen LogP contribution in [0.4, 0.5) is 0 Å². The molecule has 2 aliphatic heterocycles. The molecule has 1 aliphatic carbocycles. The van der Waals surface area contributed by atoms with Crippen molar-refractivity contribution in [1.29, 1.82) is 0 Å². The maximum absolute atomic E-state index is 5.45. The van der Waals surface area contributed by atoms with Gasteiger partial charge in [0.15, 0.2) is 17.5 Å². The summed E-state index contributed by atoms with van der Waals surface area (Å²) in [7, 11) is 1.85. The second kappa shape index (κ2) is 8.16. The molecule has 0 aromatic heterocycles. The van der Waals surface area contributed by atoms with E-state index >= 15 is 0 Å². The molecular formula is C20H30N4O2. The highest BCUT2D eigenvalue weighted by molar-refractivity contribution is 5.80. The zero-order valence-electron chi connectivity index (χ0n) is 15.7.